The van der Waals surface area contributed by atoms with E-state index in [4.69, 9.17) is 32.7 Å². The fourth-order valence-electron chi connectivity index (χ4n) is 2.00. The van der Waals surface area contributed by atoms with Gasteiger partial charge in [0.25, 0.3) is 5.91 Å². The summed E-state index contributed by atoms with van der Waals surface area (Å²) in [6, 6.07) is 9.05. The summed E-state index contributed by atoms with van der Waals surface area (Å²) >= 11 is 11.6. The van der Waals surface area contributed by atoms with Crippen LogP contribution in [0.25, 0.3) is 0 Å². The Labute approximate surface area is 171 Å². The number of rotatable bonds is 8. The minimum Gasteiger partial charge on any atom is -0.506 e. The summed E-state index contributed by atoms with van der Waals surface area (Å²) < 4.78 is 10.3. The molecule has 0 spiro atoms. The number of ether oxygens (including phenoxy) is 2. The highest BCUT2D eigenvalue weighted by atomic mass is 35.5. The van der Waals surface area contributed by atoms with Gasteiger partial charge in [-0.1, -0.05) is 30.1 Å². The molecule has 0 aromatic heterocycles. The van der Waals surface area contributed by atoms with Crippen LogP contribution >= 0.6 is 23.2 Å². The van der Waals surface area contributed by atoms with Gasteiger partial charge in [-0.3, -0.25) is 4.79 Å². The number of nitrogens with zero attached hydrogens (tertiary/aromatic N) is 1. The fourth-order valence-corrected chi connectivity index (χ4v) is 2.51. The van der Waals surface area contributed by atoms with Crippen LogP contribution in [0.1, 0.15) is 29.3 Å². The third-order valence-corrected chi connectivity index (χ3v) is 3.85. The summed E-state index contributed by atoms with van der Waals surface area (Å²) in [6.07, 6.45) is 1.95. The molecule has 0 unspecified atom stereocenters. The van der Waals surface area contributed by atoms with Crippen molar-refractivity contribution >= 4 is 41.3 Å². The Morgan fingerprint density at radius 2 is 1.93 bits per heavy atom. The predicted octanol–water partition coefficient (Wildman–Crippen LogP) is 3.79. The van der Waals surface area contributed by atoms with E-state index in [2.05, 4.69) is 10.5 Å². The summed E-state index contributed by atoms with van der Waals surface area (Å²) in [5.74, 6) is -0.719. The molecule has 0 fully saturated rings. The van der Waals surface area contributed by atoms with Gasteiger partial charge in [-0.25, -0.2) is 10.2 Å². The Kier molecular flexibility index (Phi) is 8.10. The molecule has 0 atom stereocenters. The molecule has 9 heteroatoms. The molecule has 0 aliphatic rings. The van der Waals surface area contributed by atoms with Crippen molar-refractivity contribution in [3.63, 3.8) is 0 Å². The molecule has 0 saturated carbocycles. The monoisotopic (exact) mass is 424 g/mol. The maximum absolute atomic E-state index is 11.8. The van der Waals surface area contributed by atoms with Crippen molar-refractivity contribution in [3.05, 3.63) is 57.6 Å². The third kappa shape index (κ3) is 6.44. The number of carbonyl (C=O) groups is 2. The molecule has 1 amide bonds. The van der Waals surface area contributed by atoms with Gasteiger partial charge in [-0.2, -0.15) is 5.10 Å². The Bertz CT molecular complexity index is 869. The van der Waals surface area contributed by atoms with Crippen molar-refractivity contribution in [3.8, 4) is 11.5 Å². The molecule has 0 aliphatic heterocycles. The van der Waals surface area contributed by atoms with E-state index in [0.717, 1.165) is 6.42 Å². The molecule has 28 heavy (non-hydrogen) atoms. The van der Waals surface area contributed by atoms with Gasteiger partial charge in [0.2, 0.25) is 0 Å². The van der Waals surface area contributed by atoms with E-state index in [9.17, 15) is 14.7 Å². The first-order valence-corrected chi connectivity index (χ1v) is 9.06. The van der Waals surface area contributed by atoms with Crippen molar-refractivity contribution < 1.29 is 24.2 Å². The average molecular weight is 425 g/mol. The molecular formula is C19H18Cl2N2O5. The zero-order chi connectivity index (χ0) is 20.5. The standard InChI is InChI=1S/C19H18Cl2N2O5/c1-2-7-27-19(26)12-3-5-15(6-4-12)28-11-17(24)23-22-10-13-8-14(20)9-16(21)18(13)25/h3-6,8-10,25H,2,7,11H2,1H3,(H,23,24). The second-order valence-corrected chi connectivity index (χ2v) is 6.41. The number of hydrogen-bond donors (Lipinski definition) is 2. The van der Waals surface area contributed by atoms with Gasteiger partial charge in [0.05, 0.1) is 23.4 Å². The first kappa shape index (κ1) is 21.5. The van der Waals surface area contributed by atoms with E-state index in [1.165, 1.54) is 18.3 Å². The molecule has 2 aromatic carbocycles. The smallest absolute Gasteiger partial charge is 0.338 e. The minimum atomic E-state index is -0.518. The number of halogens is 2. The van der Waals surface area contributed by atoms with Crippen molar-refractivity contribution in [1.29, 1.82) is 0 Å². The molecular weight excluding hydrogens is 407 g/mol. The maximum atomic E-state index is 11.8. The van der Waals surface area contributed by atoms with E-state index in [1.54, 1.807) is 24.3 Å². The lowest BCUT2D eigenvalue weighted by Crippen LogP contribution is -2.24. The lowest BCUT2D eigenvalue weighted by Gasteiger charge is -2.07. The van der Waals surface area contributed by atoms with Crippen LogP contribution in [-0.2, 0) is 9.53 Å². The number of hydrogen-bond acceptors (Lipinski definition) is 6. The van der Waals surface area contributed by atoms with Gasteiger partial charge in [-0.15, -0.1) is 0 Å². The van der Waals surface area contributed by atoms with Gasteiger partial charge in [-0.05, 0) is 42.8 Å². The van der Waals surface area contributed by atoms with Crippen LogP contribution in [0.4, 0.5) is 0 Å². The van der Waals surface area contributed by atoms with Gasteiger partial charge in [0, 0.05) is 10.6 Å². The number of benzene rings is 2. The Balaban J connectivity index is 1.83. The van der Waals surface area contributed by atoms with Crippen LogP contribution < -0.4 is 10.2 Å². The Morgan fingerprint density at radius 3 is 2.61 bits per heavy atom. The number of phenolic OH excluding ortho intramolecular Hbond substituents is 1. The molecule has 0 saturated heterocycles. The summed E-state index contributed by atoms with van der Waals surface area (Å²) in [5.41, 5.74) is 2.91. The zero-order valence-corrected chi connectivity index (χ0v) is 16.5. The van der Waals surface area contributed by atoms with E-state index in [0.29, 0.717) is 22.9 Å². The van der Waals surface area contributed by atoms with Crippen molar-refractivity contribution in [2.45, 2.75) is 13.3 Å². The number of aromatic hydroxyl groups is 1. The number of esters is 1. The van der Waals surface area contributed by atoms with E-state index in [-0.39, 0.29) is 22.9 Å². The second kappa shape index (κ2) is 10.5. The Hall–Kier alpha value is -2.77. The van der Waals surface area contributed by atoms with E-state index in [1.807, 2.05) is 6.92 Å². The lowest BCUT2D eigenvalue weighted by molar-refractivity contribution is -0.123. The molecule has 7 nitrogen and oxygen atoms in total. The Morgan fingerprint density at radius 1 is 1.21 bits per heavy atom. The number of hydrazone groups is 1. The zero-order valence-electron chi connectivity index (χ0n) is 14.9. The van der Waals surface area contributed by atoms with E-state index >= 15 is 0 Å². The quantitative estimate of drug-likeness (QED) is 0.381. The molecule has 0 heterocycles. The molecule has 0 bridgehead atoms. The van der Waals surface area contributed by atoms with Crippen LogP contribution in [-0.4, -0.2) is 36.4 Å². The van der Waals surface area contributed by atoms with Crippen LogP contribution in [0.3, 0.4) is 0 Å². The second-order valence-electron chi connectivity index (χ2n) is 5.57. The van der Waals surface area contributed by atoms with E-state index < -0.39 is 11.9 Å². The minimum absolute atomic E-state index is 0.0747. The SMILES string of the molecule is CCCOC(=O)c1ccc(OCC(=O)NN=Cc2cc(Cl)cc(Cl)c2O)cc1. The van der Waals surface area contributed by atoms with Gasteiger partial charge >= 0.3 is 5.97 Å². The van der Waals surface area contributed by atoms with Gasteiger partial charge < -0.3 is 14.6 Å². The summed E-state index contributed by atoms with van der Waals surface area (Å²) in [4.78, 5) is 23.5. The molecule has 2 rings (SSSR count). The van der Waals surface area contributed by atoms with Crippen LogP contribution in [0.5, 0.6) is 11.5 Å². The fraction of sp³-hybridized carbons (Fsp3) is 0.211. The molecule has 148 valence electrons. The lowest BCUT2D eigenvalue weighted by atomic mass is 10.2. The highest BCUT2D eigenvalue weighted by Crippen LogP contribution is 2.29. The van der Waals surface area contributed by atoms with Gasteiger partial charge in [0.1, 0.15) is 11.5 Å². The first-order valence-electron chi connectivity index (χ1n) is 8.30. The highest BCUT2D eigenvalue weighted by Gasteiger charge is 2.08. The van der Waals surface area contributed by atoms with Crippen molar-refractivity contribution in [2.24, 2.45) is 5.10 Å². The average Bonchev–Trinajstić information content (AvgIpc) is 2.68. The number of nitrogens with one attached hydrogen (secondary N) is 1. The van der Waals surface area contributed by atoms with Crippen LogP contribution in [0, 0.1) is 0 Å². The molecule has 2 aromatic rings. The number of amides is 1. The normalized spacial score (nSPS) is 10.7. The summed E-state index contributed by atoms with van der Waals surface area (Å²) in [5, 5.41) is 13.9. The largest absolute Gasteiger partial charge is 0.506 e. The molecule has 0 radical (unpaired) electrons. The number of carbonyl (C=O) groups excluding carboxylic acids is 2. The van der Waals surface area contributed by atoms with Crippen molar-refractivity contribution in [2.75, 3.05) is 13.2 Å². The summed E-state index contributed by atoms with van der Waals surface area (Å²) in [6.45, 7) is 1.97. The first-order chi connectivity index (χ1) is 13.4. The molecule has 2 N–H and O–H groups in total. The number of phenols is 1. The maximum Gasteiger partial charge on any atom is 0.338 e. The van der Waals surface area contributed by atoms with Gasteiger partial charge in [0.15, 0.2) is 6.61 Å². The molecule has 0 aliphatic carbocycles. The van der Waals surface area contributed by atoms with Crippen molar-refractivity contribution in [1.82, 2.24) is 5.43 Å². The predicted molar refractivity (Wildman–Crippen MR) is 106 cm³/mol. The highest BCUT2D eigenvalue weighted by molar-refractivity contribution is 6.36. The van der Waals surface area contributed by atoms with Crippen LogP contribution in [0.15, 0.2) is 41.5 Å². The third-order valence-electron chi connectivity index (χ3n) is 3.35. The summed E-state index contributed by atoms with van der Waals surface area (Å²) in [7, 11) is 0. The topological polar surface area (TPSA) is 97.2 Å². The van der Waals surface area contributed by atoms with Crippen LogP contribution in [0.2, 0.25) is 10.0 Å².